The summed E-state index contributed by atoms with van der Waals surface area (Å²) >= 11 is 0. The molecule has 0 saturated heterocycles. The fourth-order valence-corrected chi connectivity index (χ4v) is 1.24. The Labute approximate surface area is 73.8 Å². The van der Waals surface area contributed by atoms with E-state index in [9.17, 15) is 0 Å². The second kappa shape index (κ2) is 3.94. The van der Waals surface area contributed by atoms with Crippen molar-refractivity contribution in [2.24, 2.45) is 0 Å². The third-order valence-electron chi connectivity index (χ3n) is 1.95. The van der Waals surface area contributed by atoms with E-state index in [1.807, 2.05) is 19.2 Å². The molecule has 62 valence electrons. The van der Waals surface area contributed by atoms with E-state index in [4.69, 9.17) is 6.42 Å². The van der Waals surface area contributed by atoms with E-state index in [0.29, 0.717) is 0 Å². The van der Waals surface area contributed by atoms with Gasteiger partial charge in [-0.3, -0.25) is 0 Å². The van der Waals surface area contributed by atoms with E-state index in [0.717, 1.165) is 0 Å². The van der Waals surface area contributed by atoms with Crippen molar-refractivity contribution in [2.45, 2.75) is 13.0 Å². The maximum Gasteiger partial charge on any atom is 0.0943 e. The van der Waals surface area contributed by atoms with Crippen molar-refractivity contribution >= 4 is 0 Å². The average molecular weight is 159 g/mol. The summed E-state index contributed by atoms with van der Waals surface area (Å²) in [7, 11) is 1.87. The molecule has 0 aromatic heterocycles. The lowest BCUT2D eigenvalue weighted by molar-refractivity contribution is 0.732. The molecule has 0 bridgehead atoms. The highest BCUT2D eigenvalue weighted by atomic mass is 14.9. The van der Waals surface area contributed by atoms with Crippen molar-refractivity contribution in [1.29, 1.82) is 0 Å². The van der Waals surface area contributed by atoms with Gasteiger partial charge >= 0.3 is 0 Å². The van der Waals surface area contributed by atoms with Gasteiger partial charge in [-0.2, -0.15) is 0 Å². The second-order valence-electron chi connectivity index (χ2n) is 2.74. The van der Waals surface area contributed by atoms with Crippen LogP contribution in [-0.4, -0.2) is 7.05 Å². The van der Waals surface area contributed by atoms with Gasteiger partial charge in [0.2, 0.25) is 0 Å². The van der Waals surface area contributed by atoms with Crippen LogP contribution in [0.1, 0.15) is 17.2 Å². The van der Waals surface area contributed by atoms with Crippen LogP contribution in [0.15, 0.2) is 24.3 Å². The van der Waals surface area contributed by atoms with Crippen LogP contribution in [0.3, 0.4) is 0 Å². The van der Waals surface area contributed by atoms with Crippen molar-refractivity contribution in [3.05, 3.63) is 35.4 Å². The largest absolute Gasteiger partial charge is 0.303 e. The molecule has 0 saturated carbocycles. The molecule has 0 aliphatic heterocycles. The molecule has 12 heavy (non-hydrogen) atoms. The molecule has 1 N–H and O–H groups in total. The Bertz CT molecular complexity index is 296. The zero-order valence-electron chi connectivity index (χ0n) is 7.46. The molecular formula is C11H13N. The van der Waals surface area contributed by atoms with Gasteiger partial charge in [-0.25, -0.2) is 0 Å². The van der Waals surface area contributed by atoms with Crippen molar-refractivity contribution < 1.29 is 0 Å². The maximum absolute atomic E-state index is 5.37. The summed E-state index contributed by atoms with van der Waals surface area (Å²) in [4.78, 5) is 0. The topological polar surface area (TPSA) is 12.0 Å². The maximum atomic E-state index is 5.37. The first kappa shape index (κ1) is 8.83. The van der Waals surface area contributed by atoms with Crippen LogP contribution >= 0.6 is 0 Å². The normalized spacial score (nSPS) is 12.1. The van der Waals surface area contributed by atoms with Crippen LogP contribution in [-0.2, 0) is 0 Å². The number of nitrogens with one attached hydrogen (secondary N) is 1. The number of benzene rings is 1. The Balaban J connectivity index is 3.02. The van der Waals surface area contributed by atoms with E-state index in [1.165, 1.54) is 11.1 Å². The van der Waals surface area contributed by atoms with Gasteiger partial charge in [0.05, 0.1) is 6.04 Å². The van der Waals surface area contributed by atoms with Gasteiger partial charge in [0.1, 0.15) is 0 Å². The zero-order chi connectivity index (χ0) is 8.97. The molecule has 0 fully saturated rings. The molecule has 1 rings (SSSR count). The van der Waals surface area contributed by atoms with E-state index < -0.39 is 0 Å². The van der Waals surface area contributed by atoms with E-state index in [-0.39, 0.29) is 6.04 Å². The highest BCUT2D eigenvalue weighted by Crippen LogP contribution is 2.15. The number of aryl methyl sites for hydroxylation is 1. The number of hydrogen-bond acceptors (Lipinski definition) is 1. The van der Waals surface area contributed by atoms with E-state index in [1.54, 1.807) is 0 Å². The third-order valence-corrected chi connectivity index (χ3v) is 1.95. The smallest absolute Gasteiger partial charge is 0.0943 e. The predicted molar refractivity (Wildman–Crippen MR) is 51.8 cm³/mol. The Morgan fingerprint density at radius 2 is 2.08 bits per heavy atom. The second-order valence-corrected chi connectivity index (χ2v) is 2.74. The van der Waals surface area contributed by atoms with Gasteiger partial charge in [-0.15, -0.1) is 6.42 Å². The lowest BCUT2D eigenvalue weighted by Crippen LogP contribution is -2.14. The molecule has 0 spiro atoms. The Morgan fingerprint density at radius 1 is 1.42 bits per heavy atom. The molecule has 0 radical (unpaired) electrons. The van der Waals surface area contributed by atoms with Crippen LogP contribution < -0.4 is 5.32 Å². The van der Waals surface area contributed by atoms with Gasteiger partial charge < -0.3 is 5.32 Å². The van der Waals surface area contributed by atoms with Gasteiger partial charge in [0.25, 0.3) is 0 Å². The summed E-state index contributed by atoms with van der Waals surface area (Å²) in [6, 6.07) is 8.17. The molecule has 0 heterocycles. The number of terminal acetylenes is 1. The van der Waals surface area contributed by atoms with Crippen LogP contribution in [0.2, 0.25) is 0 Å². The van der Waals surface area contributed by atoms with Crippen molar-refractivity contribution in [2.75, 3.05) is 7.05 Å². The number of rotatable bonds is 2. The minimum Gasteiger partial charge on any atom is -0.303 e. The molecule has 1 unspecified atom stereocenters. The van der Waals surface area contributed by atoms with Crippen LogP contribution in [0.5, 0.6) is 0 Å². The summed E-state index contributed by atoms with van der Waals surface area (Å²) in [5.41, 5.74) is 2.41. The predicted octanol–water partition coefficient (Wildman–Crippen LogP) is 1.89. The van der Waals surface area contributed by atoms with Crippen molar-refractivity contribution in [1.82, 2.24) is 5.32 Å². The molecule has 1 nitrogen and oxygen atoms in total. The SMILES string of the molecule is C#CC(NC)c1ccccc1C. The van der Waals surface area contributed by atoms with Crippen LogP contribution in [0.4, 0.5) is 0 Å². The fourth-order valence-electron chi connectivity index (χ4n) is 1.24. The van der Waals surface area contributed by atoms with Crippen molar-refractivity contribution in [3.8, 4) is 12.3 Å². The van der Waals surface area contributed by atoms with Gasteiger partial charge in [0, 0.05) is 0 Å². The lowest BCUT2D eigenvalue weighted by Gasteiger charge is -2.11. The third kappa shape index (κ3) is 1.66. The standard InChI is InChI=1S/C11H13N/c1-4-11(12-3)10-8-6-5-7-9(10)2/h1,5-8,11-12H,2-3H3. The highest BCUT2D eigenvalue weighted by Gasteiger charge is 2.06. The number of hydrogen-bond donors (Lipinski definition) is 1. The van der Waals surface area contributed by atoms with Crippen molar-refractivity contribution in [3.63, 3.8) is 0 Å². The Hall–Kier alpha value is -1.26. The lowest BCUT2D eigenvalue weighted by atomic mass is 10.0. The highest BCUT2D eigenvalue weighted by molar-refractivity contribution is 5.32. The summed E-state index contributed by atoms with van der Waals surface area (Å²) < 4.78 is 0. The summed E-state index contributed by atoms with van der Waals surface area (Å²) in [5, 5.41) is 3.07. The zero-order valence-corrected chi connectivity index (χ0v) is 7.46. The van der Waals surface area contributed by atoms with E-state index >= 15 is 0 Å². The molecule has 0 aliphatic rings. The van der Waals surface area contributed by atoms with E-state index in [2.05, 4.69) is 30.3 Å². The quantitative estimate of drug-likeness (QED) is 0.650. The van der Waals surface area contributed by atoms with Gasteiger partial charge in [-0.05, 0) is 25.1 Å². The Morgan fingerprint density at radius 3 is 2.58 bits per heavy atom. The summed E-state index contributed by atoms with van der Waals surface area (Å²) in [5.74, 6) is 2.70. The van der Waals surface area contributed by atoms with Gasteiger partial charge in [-0.1, -0.05) is 30.2 Å². The molecular weight excluding hydrogens is 146 g/mol. The first-order valence-electron chi connectivity index (χ1n) is 3.98. The first-order chi connectivity index (χ1) is 5.79. The van der Waals surface area contributed by atoms with Gasteiger partial charge in [0.15, 0.2) is 0 Å². The Kier molecular flexibility index (Phi) is 2.90. The average Bonchev–Trinajstić information content (AvgIpc) is 2.10. The minimum atomic E-state index is 0.0335. The van der Waals surface area contributed by atoms with Crippen LogP contribution in [0.25, 0.3) is 0 Å². The summed E-state index contributed by atoms with van der Waals surface area (Å²) in [6.45, 7) is 2.07. The molecule has 1 heteroatoms. The first-order valence-corrected chi connectivity index (χ1v) is 3.98. The minimum absolute atomic E-state index is 0.0335. The molecule has 1 aromatic carbocycles. The fraction of sp³-hybridized carbons (Fsp3) is 0.273. The molecule has 0 aliphatic carbocycles. The van der Waals surface area contributed by atoms with Crippen LogP contribution in [0, 0.1) is 19.3 Å². The monoisotopic (exact) mass is 159 g/mol. The summed E-state index contributed by atoms with van der Waals surface area (Å²) in [6.07, 6.45) is 5.37. The molecule has 1 aromatic rings. The molecule has 1 atom stereocenters. The molecule has 0 amide bonds.